The Morgan fingerprint density at radius 3 is 1.79 bits per heavy atom. The van der Waals surface area contributed by atoms with Crippen LogP contribution in [0.4, 0.5) is 0 Å². The number of carboxylic acid groups (broad SMARTS) is 4. The fraction of sp³-hybridized carbons (Fsp3) is 0.708. The van der Waals surface area contributed by atoms with Gasteiger partial charge in [-0.25, -0.2) is 9.59 Å². The van der Waals surface area contributed by atoms with Gasteiger partial charge >= 0.3 is 23.9 Å². The van der Waals surface area contributed by atoms with E-state index in [0.717, 1.165) is 99.2 Å². The number of ether oxygens (including phenoxy) is 1. The van der Waals surface area contributed by atoms with Gasteiger partial charge in [-0.3, -0.25) is 19.2 Å². The van der Waals surface area contributed by atoms with Gasteiger partial charge in [-0.15, -0.1) is 0 Å². The van der Waals surface area contributed by atoms with E-state index in [4.69, 9.17) is 40.5 Å². The number of carboxylic acids is 4. The van der Waals surface area contributed by atoms with Crippen molar-refractivity contribution in [1.29, 1.82) is 0 Å². The van der Waals surface area contributed by atoms with E-state index in [1.165, 1.54) is 99.1 Å². The molecular formula is C96H140O21. The van der Waals surface area contributed by atoms with Crippen LogP contribution in [0.2, 0.25) is 0 Å². The zero-order valence-electron chi connectivity index (χ0n) is 72.5. The van der Waals surface area contributed by atoms with Crippen LogP contribution < -0.4 is 4.74 Å². The molecule has 2 aromatic carbocycles. The van der Waals surface area contributed by atoms with Crippen molar-refractivity contribution in [2.24, 2.45) is 119 Å². The van der Waals surface area contributed by atoms with E-state index in [0.29, 0.717) is 52.9 Å². The van der Waals surface area contributed by atoms with Crippen molar-refractivity contribution >= 4 is 35.4 Å². The number of aliphatic hydroxyl groups excluding tert-OH is 7. The molecule has 0 saturated heterocycles. The van der Waals surface area contributed by atoms with E-state index in [2.05, 4.69) is 129 Å². The van der Waals surface area contributed by atoms with Crippen LogP contribution in [0.1, 0.15) is 280 Å². The van der Waals surface area contributed by atoms with Crippen molar-refractivity contribution in [3.05, 3.63) is 107 Å². The summed E-state index contributed by atoms with van der Waals surface area (Å²) in [5, 5.41) is 131. The fourth-order valence-electron chi connectivity index (χ4n) is 26.8. The minimum atomic E-state index is -1.79. The molecule has 15 rings (SSSR count). The SMILES string of the molecule is C=C(C)[C@@H]1CC[C@]2(CO)CC[C@]3(C)[C@H](CC[C@@H]4[C@@]5(C)CC[C@H](O)C(C)(C)[C@@H]5CC[C@]43C)[C@@H]12.CC1(C)[C@@H](O)CC[C@]2(C)[C@H]3C(=O)C=C4[C@@H]5C[C@@](C)(C(=O)O)CC[C@]5(C)CC[C@@]4(C)[C@]3(C)CC[C@@H]12.CC1=CC[C@H](C(C)C)C=C1.O=C(O)C1=C[C@@H](O)[C@@H](O)[C@H](O)C1.O=C(O)C[C@@H](O)C(=O)O.O=C1C[C@@H](c2ccc(O)cc2)Oc2cc(O)cc(O)c21. The van der Waals surface area contributed by atoms with Crippen molar-refractivity contribution in [3.63, 3.8) is 0 Å². The van der Waals surface area contributed by atoms with Gasteiger partial charge in [0.25, 0.3) is 0 Å². The minimum absolute atomic E-state index is 0.0290. The zero-order chi connectivity index (χ0) is 87.0. The number of rotatable bonds is 9. The van der Waals surface area contributed by atoms with Crippen molar-refractivity contribution < 1.29 is 105 Å². The summed E-state index contributed by atoms with van der Waals surface area (Å²) >= 11 is 0. The first-order valence-electron chi connectivity index (χ1n) is 43.3. The highest BCUT2D eigenvalue weighted by atomic mass is 16.5. The number of aliphatic carboxylic acids is 4. The third-order valence-electron chi connectivity index (χ3n) is 34.5. The number of aliphatic hydroxyl groups is 7. The summed E-state index contributed by atoms with van der Waals surface area (Å²) in [7, 11) is 0. The molecule has 650 valence electrons. The zero-order valence-corrected chi connectivity index (χ0v) is 72.5. The maximum absolute atomic E-state index is 14.2. The third-order valence-corrected chi connectivity index (χ3v) is 34.5. The molecular weight excluding hydrogens is 1490 g/mol. The highest BCUT2D eigenvalue weighted by Crippen LogP contribution is 2.79. The number of phenolic OH excluding ortho intramolecular Hbond substituents is 3. The van der Waals surface area contributed by atoms with E-state index in [1.807, 2.05) is 13.0 Å². The van der Waals surface area contributed by atoms with Crippen LogP contribution in [0.15, 0.2) is 95.6 Å². The summed E-state index contributed by atoms with van der Waals surface area (Å²) in [4.78, 5) is 68.3. The van der Waals surface area contributed by atoms with E-state index >= 15 is 0 Å². The summed E-state index contributed by atoms with van der Waals surface area (Å²) in [5.74, 6) is 0.534. The molecule has 0 radical (unpaired) electrons. The molecule has 9 saturated carbocycles. The smallest absolute Gasteiger partial charge is 0.333 e. The Balaban J connectivity index is 0.000000159. The van der Waals surface area contributed by atoms with Crippen molar-refractivity contribution in [2.75, 3.05) is 6.61 Å². The van der Waals surface area contributed by atoms with Crippen LogP contribution in [0.5, 0.6) is 23.0 Å². The molecule has 1 aliphatic heterocycles. The van der Waals surface area contributed by atoms with Crippen molar-refractivity contribution in [2.45, 2.75) is 301 Å². The summed E-state index contributed by atoms with van der Waals surface area (Å²) < 4.78 is 5.67. The Morgan fingerprint density at radius 2 is 1.25 bits per heavy atom. The highest BCUT2D eigenvalue weighted by Gasteiger charge is 2.73. The first kappa shape index (κ1) is 92.6. The second-order valence-corrected chi connectivity index (χ2v) is 41.8. The van der Waals surface area contributed by atoms with Crippen LogP contribution in [0.25, 0.3) is 0 Å². The molecule has 25 atom stereocenters. The van der Waals surface area contributed by atoms with Crippen LogP contribution in [0.3, 0.4) is 0 Å². The number of Topliss-reactive ketones (excluding diaryl/α,β-unsaturated/α-hetero) is 1. The van der Waals surface area contributed by atoms with Gasteiger partial charge < -0.3 is 76.2 Å². The number of hydrogen-bond donors (Lipinski definition) is 14. The Labute approximate surface area is 693 Å². The number of allylic oxidation sites excluding steroid dienone is 7. The quantitative estimate of drug-likeness (QED) is 0.104. The largest absolute Gasteiger partial charge is 0.508 e. The lowest BCUT2D eigenvalue weighted by Gasteiger charge is -2.73. The molecule has 9 fully saturated rings. The molecule has 117 heavy (non-hydrogen) atoms. The monoisotopic (exact) mass is 1630 g/mol. The van der Waals surface area contributed by atoms with Crippen molar-refractivity contribution in [3.8, 4) is 23.0 Å². The van der Waals surface area contributed by atoms with Gasteiger partial charge in [0.1, 0.15) is 46.9 Å². The lowest BCUT2D eigenvalue weighted by Crippen LogP contribution is -2.66. The molecule has 0 aromatic heterocycles. The first-order valence-corrected chi connectivity index (χ1v) is 43.3. The lowest BCUT2D eigenvalue weighted by molar-refractivity contribution is -0.249. The van der Waals surface area contributed by atoms with Crippen LogP contribution in [0, 0.1) is 119 Å². The van der Waals surface area contributed by atoms with Crippen molar-refractivity contribution in [1.82, 2.24) is 0 Å². The Bertz CT molecular complexity index is 4190. The maximum Gasteiger partial charge on any atom is 0.333 e. The number of phenols is 3. The number of hydrogen-bond acceptors (Lipinski definition) is 17. The van der Waals surface area contributed by atoms with Gasteiger partial charge in [-0.05, 0) is 286 Å². The number of ketones is 2. The summed E-state index contributed by atoms with van der Waals surface area (Å²) in [6, 6.07) is 8.78. The lowest BCUT2D eigenvalue weighted by atomic mass is 9.32. The number of fused-ring (bicyclic) bond motifs is 15. The molecule has 13 aliphatic rings. The molecule has 2 aromatic rings. The van der Waals surface area contributed by atoms with E-state index in [1.54, 1.807) is 12.1 Å². The maximum atomic E-state index is 14.2. The number of carbonyl (C=O) groups is 6. The normalized spacial score (nSPS) is 41.0. The highest BCUT2D eigenvalue weighted by molar-refractivity contribution is 6.02. The number of carbonyl (C=O) groups excluding carboxylic acids is 2. The molecule has 0 bridgehead atoms. The second kappa shape index (κ2) is 33.9. The number of aromatic hydroxyl groups is 3. The van der Waals surface area contributed by atoms with E-state index < -0.39 is 66.2 Å². The molecule has 14 N–H and O–H groups in total. The van der Waals surface area contributed by atoms with Gasteiger partial charge in [0.15, 0.2) is 17.7 Å². The Morgan fingerprint density at radius 1 is 0.650 bits per heavy atom. The summed E-state index contributed by atoms with van der Waals surface area (Å²) in [6.45, 7) is 42.3. The molecule has 21 nitrogen and oxygen atoms in total. The molecule has 0 spiro atoms. The van der Waals surface area contributed by atoms with Gasteiger partial charge in [0.05, 0.1) is 36.6 Å². The topological polar surface area (TPSA) is 395 Å². The van der Waals surface area contributed by atoms with E-state index in [9.17, 15) is 64.5 Å². The molecule has 21 heteroatoms. The molecule has 0 unspecified atom stereocenters. The third kappa shape index (κ3) is 16.8. The van der Waals surface area contributed by atoms with Gasteiger partial charge in [-0.1, -0.05) is 144 Å². The average molecular weight is 1630 g/mol. The predicted octanol–water partition coefficient (Wildman–Crippen LogP) is 16.5. The van der Waals surface area contributed by atoms with Crippen LogP contribution in [-0.2, 0) is 24.0 Å². The molecule has 12 aliphatic carbocycles. The average Bonchev–Trinajstić information content (AvgIpc) is 1.22. The van der Waals surface area contributed by atoms with E-state index in [-0.39, 0.29) is 120 Å². The van der Waals surface area contributed by atoms with Gasteiger partial charge in [0, 0.05) is 36.7 Å². The minimum Gasteiger partial charge on any atom is -0.508 e. The van der Waals surface area contributed by atoms with Gasteiger partial charge in [-0.2, -0.15) is 0 Å². The second-order valence-electron chi connectivity index (χ2n) is 41.8. The predicted molar refractivity (Wildman–Crippen MR) is 445 cm³/mol. The van der Waals surface area contributed by atoms with Crippen LogP contribution >= 0.6 is 0 Å². The summed E-state index contributed by atoms with van der Waals surface area (Å²) in [6.07, 6.45) is 24.5. The first-order chi connectivity index (χ1) is 54.2. The summed E-state index contributed by atoms with van der Waals surface area (Å²) in [5.41, 5.74) is 4.92. The van der Waals surface area contributed by atoms with Gasteiger partial charge in [0.2, 0.25) is 0 Å². The fourth-order valence-corrected chi connectivity index (χ4v) is 26.8. The molecule has 0 amide bonds. The molecule has 1 heterocycles. The Hall–Kier alpha value is -6.72. The standard InChI is InChI=1S/C30H46O4.C30H50O2.C15H12O5.C10H16.C7H10O5.C4H6O5/c1-25(2)21-8-11-30(7)23(28(21,5)10-9-22(25)32)20(31)16-18-19-17-27(4,24(33)34)13-12-26(19,3)14-15-29(18,30)6;1-19(2)20-10-15-30(18-31)17-16-28(6)21(25(20)30)8-9-23-27(5)13-12-24(32)26(3,4)22(27)11-14-29(23,28)7;16-9-3-1-8(2-4-9)13-7-12(19)15-11(18)5-10(17)6-14(15)20-13;1-8(2)10-6-4-9(3)5-7-10;8-4-1-3(7(11)12)2-5(9)6(4)10;5-2(4(8)9)1-3(6)7/h16,19,21-23,32H,8-15,17H2,1-7H3,(H,33,34);20-25,31-32H,1,8-18H2,2-7H3;1-6,13,16-18H,7H2;4-6,8,10H,7H2,1-3H3;1,4-6,8-10H,2H2,(H,11,12);2,5H,1H2,(H,6,7)(H,8,9)/t19-,21-,22-,23+,26+,27-,28-,29+,30+;20-,21+,22-,23+,24-,25+,27-,28+,29+,30+;13-;10-;4-,5-,6-;2-/m000111/s1. The van der Waals surface area contributed by atoms with Crippen LogP contribution in [-0.4, -0.2) is 150 Å². The Kier molecular flexibility index (Phi) is 26.9. The number of benzene rings is 2.